The molecule has 138 valence electrons. The van der Waals surface area contributed by atoms with Crippen molar-refractivity contribution in [1.29, 1.82) is 0 Å². The number of nitrogens with zero attached hydrogens (tertiary/aromatic N) is 2. The summed E-state index contributed by atoms with van der Waals surface area (Å²) in [5.41, 5.74) is -0.752. The molecule has 1 saturated heterocycles. The fourth-order valence-corrected chi connectivity index (χ4v) is 3.83. The Morgan fingerprint density at radius 3 is 2.28 bits per heavy atom. The predicted molar refractivity (Wildman–Crippen MR) is 89.5 cm³/mol. The molecule has 1 aromatic rings. The van der Waals surface area contributed by atoms with Crippen LogP contribution in [0, 0.1) is 5.82 Å². The molecule has 2 N–H and O–H groups in total. The van der Waals surface area contributed by atoms with Crippen LogP contribution in [0.15, 0.2) is 12.1 Å². The Hall–Kier alpha value is -2.20. The number of amides is 1. The number of aromatic carboxylic acids is 1. The standard InChI is InChI=1S/C15H20FN3O5S/c1-18(2)13-9-10(15(21)22)12(16)8-11(13)14(20)17-25(23,24)19-6-4-3-5-7-19/h8-9H,3-7H2,1-2H3,(H,17,20)(H,21,22). The third-order valence-corrected chi connectivity index (χ3v) is 5.41. The van der Waals surface area contributed by atoms with Gasteiger partial charge in [0.2, 0.25) is 0 Å². The molecule has 1 aliphatic heterocycles. The van der Waals surface area contributed by atoms with Crippen molar-refractivity contribution in [1.82, 2.24) is 9.03 Å². The summed E-state index contributed by atoms with van der Waals surface area (Å²) in [4.78, 5) is 24.9. The normalized spacial score (nSPS) is 15.6. The zero-order valence-electron chi connectivity index (χ0n) is 14.0. The van der Waals surface area contributed by atoms with Crippen LogP contribution in [0.2, 0.25) is 0 Å². The van der Waals surface area contributed by atoms with Crippen LogP contribution >= 0.6 is 0 Å². The minimum atomic E-state index is -4.04. The molecule has 1 amide bonds. The third-order valence-electron chi connectivity index (χ3n) is 3.92. The van der Waals surface area contributed by atoms with Crippen molar-refractivity contribution < 1.29 is 27.5 Å². The van der Waals surface area contributed by atoms with Gasteiger partial charge >= 0.3 is 16.2 Å². The summed E-state index contributed by atoms with van der Waals surface area (Å²) >= 11 is 0. The van der Waals surface area contributed by atoms with E-state index in [0.29, 0.717) is 25.9 Å². The van der Waals surface area contributed by atoms with Gasteiger partial charge in [0.05, 0.1) is 16.8 Å². The molecule has 0 spiro atoms. The summed E-state index contributed by atoms with van der Waals surface area (Å²) in [5.74, 6) is -3.60. The molecule has 1 aromatic carbocycles. The number of piperidine rings is 1. The molecule has 0 unspecified atom stereocenters. The summed E-state index contributed by atoms with van der Waals surface area (Å²) in [7, 11) is -0.963. The van der Waals surface area contributed by atoms with E-state index in [4.69, 9.17) is 5.11 Å². The van der Waals surface area contributed by atoms with Crippen molar-refractivity contribution in [2.24, 2.45) is 0 Å². The van der Waals surface area contributed by atoms with Gasteiger partial charge in [0.15, 0.2) is 0 Å². The van der Waals surface area contributed by atoms with Crippen LogP contribution < -0.4 is 9.62 Å². The third kappa shape index (κ3) is 4.26. The average molecular weight is 373 g/mol. The smallest absolute Gasteiger partial charge is 0.338 e. The Morgan fingerprint density at radius 2 is 1.76 bits per heavy atom. The van der Waals surface area contributed by atoms with E-state index >= 15 is 0 Å². The van der Waals surface area contributed by atoms with Crippen LogP contribution in [0.3, 0.4) is 0 Å². The lowest BCUT2D eigenvalue weighted by atomic mass is 10.1. The number of carbonyl (C=O) groups excluding carboxylic acids is 1. The number of benzene rings is 1. The maximum Gasteiger partial charge on any atom is 0.338 e. The number of hydrogen-bond acceptors (Lipinski definition) is 5. The zero-order valence-corrected chi connectivity index (χ0v) is 14.8. The first-order valence-electron chi connectivity index (χ1n) is 7.70. The van der Waals surface area contributed by atoms with Gasteiger partial charge in [-0.1, -0.05) is 6.42 Å². The summed E-state index contributed by atoms with van der Waals surface area (Å²) in [6, 6.07) is 1.74. The number of carbonyl (C=O) groups is 2. The Balaban J connectivity index is 2.35. The summed E-state index contributed by atoms with van der Waals surface area (Å²) in [5, 5.41) is 9.00. The molecule has 10 heteroatoms. The van der Waals surface area contributed by atoms with Crippen molar-refractivity contribution in [3.05, 3.63) is 29.1 Å². The van der Waals surface area contributed by atoms with E-state index in [1.165, 1.54) is 23.3 Å². The van der Waals surface area contributed by atoms with Crippen LogP contribution in [0.4, 0.5) is 10.1 Å². The molecule has 0 atom stereocenters. The lowest BCUT2D eigenvalue weighted by molar-refractivity contribution is 0.0691. The quantitative estimate of drug-likeness (QED) is 0.799. The van der Waals surface area contributed by atoms with E-state index in [0.717, 1.165) is 18.6 Å². The highest BCUT2D eigenvalue weighted by Crippen LogP contribution is 2.24. The second kappa shape index (κ2) is 7.36. The number of nitrogens with one attached hydrogen (secondary N) is 1. The number of halogens is 1. The van der Waals surface area contributed by atoms with E-state index in [2.05, 4.69) is 0 Å². The number of rotatable bonds is 5. The molecule has 0 aliphatic carbocycles. The van der Waals surface area contributed by atoms with E-state index in [-0.39, 0.29) is 11.3 Å². The number of hydrogen-bond donors (Lipinski definition) is 2. The summed E-state index contributed by atoms with van der Waals surface area (Å²) in [6.07, 6.45) is 2.34. The summed E-state index contributed by atoms with van der Waals surface area (Å²) < 4.78 is 41.7. The second-order valence-electron chi connectivity index (χ2n) is 5.94. The maximum atomic E-state index is 14.0. The Labute approximate surface area is 145 Å². The Bertz CT molecular complexity index is 789. The van der Waals surface area contributed by atoms with E-state index < -0.39 is 33.5 Å². The molecule has 25 heavy (non-hydrogen) atoms. The lowest BCUT2D eigenvalue weighted by Gasteiger charge is -2.26. The lowest BCUT2D eigenvalue weighted by Crippen LogP contribution is -2.45. The first kappa shape index (κ1) is 19.1. The van der Waals surface area contributed by atoms with Gasteiger partial charge in [-0.2, -0.15) is 12.7 Å². The van der Waals surface area contributed by atoms with E-state index in [9.17, 15) is 22.4 Å². The number of carboxylic acids is 1. The highest BCUT2D eigenvalue weighted by Gasteiger charge is 2.28. The highest BCUT2D eigenvalue weighted by molar-refractivity contribution is 7.87. The van der Waals surface area contributed by atoms with Crippen LogP contribution in [0.25, 0.3) is 0 Å². The summed E-state index contributed by atoms with van der Waals surface area (Å²) in [6.45, 7) is 0.630. The zero-order chi connectivity index (χ0) is 18.8. The van der Waals surface area contributed by atoms with Crippen LogP contribution in [-0.2, 0) is 10.2 Å². The van der Waals surface area contributed by atoms with Gasteiger partial charge in [-0.05, 0) is 25.0 Å². The molecular formula is C15H20FN3O5S. The van der Waals surface area contributed by atoms with Gasteiger partial charge in [0.1, 0.15) is 5.82 Å². The molecule has 0 saturated carbocycles. The van der Waals surface area contributed by atoms with E-state index in [1.807, 2.05) is 4.72 Å². The van der Waals surface area contributed by atoms with Gasteiger partial charge < -0.3 is 10.0 Å². The first-order valence-corrected chi connectivity index (χ1v) is 9.14. The molecule has 0 radical (unpaired) electrons. The van der Waals surface area contributed by atoms with Crippen LogP contribution in [0.5, 0.6) is 0 Å². The topological polar surface area (TPSA) is 107 Å². The van der Waals surface area contributed by atoms with Crippen molar-refractivity contribution in [3.8, 4) is 0 Å². The van der Waals surface area contributed by atoms with Crippen molar-refractivity contribution >= 4 is 27.8 Å². The molecule has 2 rings (SSSR count). The average Bonchev–Trinajstić information content (AvgIpc) is 2.54. The molecule has 8 nitrogen and oxygen atoms in total. The maximum absolute atomic E-state index is 14.0. The molecule has 1 heterocycles. The number of carboxylic acid groups (broad SMARTS) is 1. The largest absolute Gasteiger partial charge is 0.478 e. The van der Waals surface area contributed by atoms with Crippen molar-refractivity contribution in [2.45, 2.75) is 19.3 Å². The molecule has 1 aliphatic rings. The van der Waals surface area contributed by atoms with Crippen LogP contribution in [-0.4, -0.2) is 56.9 Å². The highest BCUT2D eigenvalue weighted by atomic mass is 32.2. The second-order valence-corrected chi connectivity index (χ2v) is 7.62. The monoisotopic (exact) mass is 373 g/mol. The fourth-order valence-electron chi connectivity index (χ4n) is 2.62. The molecular weight excluding hydrogens is 353 g/mol. The fraction of sp³-hybridized carbons (Fsp3) is 0.467. The minimum absolute atomic E-state index is 0.102. The van der Waals surface area contributed by atoms with Gasteiger partial charge in [-0.25, -0.2) is 13.9 Å². The van der Waals surface area contributed by atoms with Crippen LogP contribution in [0.1, 0.15) is 40.0 Å². The van der Waals surface area contributed by atoms with Gasteiger partial charge in [0, 0.05) is 27.2 Å². The number of anilines is 1. The van der Waals surface area contributed by atoms with Gasteiger partial charge in [-0.3, -0.25) is 4.79 Å². The minimum Gasteiger partial charge on any atom is -0.478 e. The van der Waals surface area contributed by atoms with Crippen molar-refractivity contribution in [2.75, 3.05) is 32.1 Å². The SMILES string of the molecule is CN(C)c1cc(C(=O)O)c(F)cc1C(=O)NS(=O)(=O)N1CCCCC1. The Morgan fingerprint density at radius 1 is 1.16 bits per heavy atom. The first-order chi connectivity index (χ1) is 11.6. The molecule has 0 bridgehead atoms. The molecule has 1 fully saturated rings. The predicted octanol–water partition coefficient (Wildman–Crippen LogP) is 1.05. The molecule has 0 aromatic heterocycles. The van der Waals surface area contributed by atoms with E-state index in [1.54, 1.807) is 0 Å². The van der Waals surface area contributed by atoms with Crippen molar-refractivity contribution in [3.63, 3.8) is 0 Å². The Kier molecular flexibility index (Phi) is 5.63. The van der Waals surface area contributed by atoms with Gasteiger partial charge in [-0.15, -0.1) is 0 Å². The van der Waals surface area contributed by atoms with Gasteiger partial charge in [0.25, 0.3) is 5.91 Å².